The van der Waals surface area contributed by atoms with Gasteiger partial charge in [0.1, 0.15) is 5.75 Å². The van der Waals surface area contributed by atoms with E-state index in [1.807, 2.05) is 24.3 Å². The average molecular weight is 315 g/mol. The predicted molar refractivity (Wildman–Crippen MR) is 93.5 cm³/mol. The van der Waals surface area contributed by atoms with Crippen LogP contribution >= 0.6 is 0 Å². The van der Waals surface area contributed by atoms with E-state index in [9.17, 15) is 4.79 Å². The summed E-state index contributed by atoms with van der Waals surface area (Å²) < 4.78 is 5.65. The molecule has 2 rings (SSSR count). The molecule has 0 saturated heterocycles. The Hall–Kier alpha value is -2.30. The van der Waals surface area contributed by atoms with Gasteiger partial charge in [0.05, 0.1) is 6.61 Å². The number of rotatable bonds is 8. The van der Waals surface area contributed by atoms with E-state index in [0.29, 0.717) is 18.5 Å². The number of nitrogens with zero attached hydrogens (tertiary/aromatic N) is 1. The van der Waals surface area contributed by atoms with E-state index in [4.69, 9.17) is 4.74 Å². The number of hydrogen-bond donors (Lipinski definition) is 2. The number of aromatic nitrogens is 2. The number of anilines is 2. The van der Waals surface area contributed by atoms with Gasteiger partial charge in [-0.25, -0.2) is 4.98 Å². The molecule has 0 amide bonds. The molecule has 2 N–H and O–H groups in total. The fraction of sp³-hybridized carbons (Fsp3) is 0.444. The summed E-state index contributed by atoms with van der Waals surface area (Å²) in [7, 11) is 0. The van der Waals surface area contributed by atoms with Crippen LogP contribution in [0.2, 0.25) is 0 Å². The highest BCUT2D eigenvalue weighted by atomic mass is 16.5. The van der Waals surface area contributed by atoms with Crippen molar-refractivity contribution < 1.29 is 4.74 Å². The van der Waals surface area contributed by atoms with Crippen LogP contribution < -0.4 is 15.6 Å². The van der Waals surface area contributed by atoms with E-state index >= 15 is 0 Å². The van der Waals surface area contributed by atoms with Crippen LogP contribution in [0.25, 0.3) is 0 Å². The lowest BCUT2D eigenvalue weighted by Gasteiger charge is -2.10. The monoisotopic (exact) mass is 315 g/mol. The van der Waals surface area contributed by atoms with Crippen LogP contribution in [-0.2, 0) is 6.42 Å². The number of benzene rings is 1. The number of H-pyrrole nitrogens is 1. The quantitative estimate of drug-likeness (QED) is 0.775. The Morgan fingerprint density at radius 2 is 2.00 bits per heavy atom. The molecular weight excluding hydrogens is 290 g/mol. The normalized spacial score (nSPS) is 10.8. The van der Waals surface area contributed by atoms with E-state index in [-0.39, 0.29) is 5.56 Å². The summed E-state index contributed by atoms with van der Waals surface area (Å²) in [6.45, 7) is 7.04. The zero-order chi connectivity index (χ0) is 16.7. The second-order valence-corrected chi connectivity index (χ2v) is 6.04. The van der Waals surface area contributed by atoms with Crippen molar-refractivity contribution in [3.8, 4) is 5.75 Å². The molecule has 0 fully saturated rings. The van der Waals surface area contributed by atoms with E-state index in [1.54, 1.807) is 6.07 Å². The molecule has 0 aliphatic heterocycles. The first kappa shape index (κ1) is 17.1. The standard InChI is InChI=1S/C18H25N3O2/c1-4-5-6-15-11-17(22)21-18(20-15)19-14-7-9-16(10-8-14)23-12-13(2)3/h7-11,13H,4-6,12H2,1-3H3,(H2,19,20,21,22). The second-order valence-electron chi connectivity index (χ2n) is 6.04. The maximum Gasteiger partial charge on any atom is 0.252 e. The van der Waals surface area contributed by atoms with Crippen LogP contribution in [0.1, 0.15) is 39.3 Å². The number of ether oxygens (including phenoxy) is 1. The Morgan fingerprint density at radius 3 is 2.65 bits per heavy atom. The number of aryl methyl sites for hydroxylation is 1. The largest absolute Gasteiger partial charge is 0.493 e. The maximum absolute atomic E-state index is 11.7. The van der Waals surface area contributed by atoms with Crippen molar-refractivity contribution in [3.05, 3.63) is 46.4 Å². The Kier molecular flexibility index (Phi) is 6.20. The highest BCUT2D eigenvalue weighted by Gasteiger charge is 2.03. The third-order valence-electron chi connectivity index (χ3n) is 3.28. The summed E-state index contributed by atoms with van der Waals surface area (Å²) in [6, 6.07) is 9.19. The van der Waals surface area contributed by atoms with Crippen LogP contribution in [0.5, 0.6) is 5.75 Å². The number of aromatic amines is 1. The first-order valence-electron chi connectivity index (χ1n) is 8.17. The van der Waals surface area contributed by atoms with Gasteiger partial charge in [0.25, 0.3) is 5.56 Å². The van der Waals surface area contributed by atoms with Gasteiger partial charge in [-0.05, 0) is 43.0 Å². The summed E-state index contributed by atoms with van der Waals surface area (Å²) in [6.07, 6.45) is 2.92. The SMILES string of the molecule is CCCCc1cc(=O)[nH]c(Nc2ccc(OCC(C)C)cc2)n1. The molecule has 2 aromatic rings. The van der Waals surface area contributed by atoms with Crippen molar-refractivity contribution in [2.45, 2.75) is 40.0 Å². The molecule has 124 valence electrons. The molecule has 23 heavy (non-hydrogen) atoms. The van der Waals surface area contributed by atoms with Crippen molar-refractivity contribution in [2.24, 2.45) is 5.92 Å². The van der Waals surface area contributed by atoms with Crippen LogP contribution in [0.3, 0.4) is 0 Å². The third kappa shape index (κ3) is 5.77. The van der Waals surface area contributed by atoms with Crippen molar-refractivity contribution in [1.82, 2.24) is 9.97 Å². The van der Waals surface area contributed by atoms with Gasteiger partial charge >= 0.3 is 0 Å². The first-order chi connectivity index (χ1) is 11.1. The summed E-state index contributed by atoms with van der Waals surface area (Å²) in [5.41, 5.74) is 1.54. The smallest absolute Gasteiger partial charge is 0.252 e. The Balaban J connectivity index is 2.03. The van der Waals surface area contributed by atoms with Gasteiger partial charge in [-0.15, -0.1) is 0 Å². The van der Waals surface area contributed by atoms with Gasteiger partial charge in [0, 0.05) is 17.4 Å². The molecule has 1 aromatic heterocycles. The van der Waals surface area contributed by atoms with Gasteiger partial charge in [-0.2, -0.15) is 0 Å². The van der Waals surface area contributed by atoms with Crippen molar-refractivity contribution in [2.75, 3.05) is 11.9 Å². The van der Waals surface area contributed by atoms with E-state index in [2.05, 4.69) is 36.1 Å². The summed E-state index contributed by atoms with van der Waals surface area (Å²) in [4.78, 5) is 18.9. The van der Waals surface area contributed by atoms with E-state index in [1.165, 1.54) is 0 Å². The molecule has 1 heterocycles. The minimum Gasteiger partial charge on any atom is -0.493 e. The van der Waals surface area contributed by atoms with E-state index < -0.39 is 0 Å². The van der Waals surface area contributed by atoms with E-state index in [0.717, 1.165) is 36.4 Å². The topological polar surface area (TPSA) is 67.0 Å². The predicted octanol–water partition coefficient (Wildman–Crippen LogP) is 3.89. The number of unbranched alkanes of at least 4 members (excludes halogenated alkanes) is 1. The van der Waals surface area contributed by atoms with Crippen molar-refractivity contribution in [1.29, 1.82) is 0 Å². The zero-order valence-electron chi connectivity index (χ0n) is 14.1. The Labute approximate surface area is 137 Å². The molecule has 0 radical (unpaired) electrons. The molecule has 0 saturated carbocycles. The maximum atomic E-state index is 11.7. The zero-order valence-corrected chi connectivity index (χ0v) is 14.1. The molecule has 0 unspecified atom stereocenters. The van der Waals surface area contributed by atoms with Gasteiger partial charge in [-0.1, -0.05) is 27.2 Å². The van der Waals surface area contributed by atoms with Gasteiger partial charge in [-0.3, -0.25) is 9.78 Å². The molecule has 0 bridgehead atoms. The van der Waals surface area contributed by atoms with Crippen LogP contribution in [-0.4, -0.2) is 16.6 Å². The molecule has 0 atom stereocenters. The minimum absolute atomic E-state index is 0.134. The van der Waals surface area contributed by atoms with Crippen LogP contribution in [0.15, 0.2) is 35.1 Å². The fourth-order valence-electron chi connectivity index (χ4n) is 2.09. The van der Waals surface area contributed by atoms with Crippen LogP contribution in [0.4, 0.5) is 11.6 Å². The molecule has 5 heteroatoms. The first-order valence-corrected chi connectivity index (χ1v) is 8.17. The molecule has 1 aromatic carbocycles. The highest BCUT2D eigenvalue weighted by molar-refractivity contribution is 5.54. The minimum atomic E-state index is -0.134. The third-order valence-corrected chi connectivity index (χ3v) is 3.28. The Bertz CT molecular complexity index is 663. The van der Waals surface area contributed by atoms with Crippen molar-refractivity contribution >= 4 is 11.6 Å². The van der Waals surface area contributed by atoms with Crippen molar-refractivity contribution in [3.63, 3.8) is 0 Å². The lowest BCUT2D eigenvalue weighted by molar-refractivity contribution is 0.271. The molecule has 0 aliphatic carbocycles. The second kappa shape index (κ2) is 8.36. The van der Waals surface area contributed by atoms with Gasteiger partial charge in [0.15, 0.2) is 0 Å². The Morgan fingerprint density at radius 1 is 1.26 bits per heavy atom. The summed E-state index contributed by atoms with van der Waals surface area (Å²) >= 11 is 0. The lowest BCUT2D eigenvalue weighted by Crippen LogP contribution is -2.12. The summed E-state index contributed by atoms with van der Waals surface area (Å²) in [5.74, 6) is 1.80. The summed E-state index contributed by atoms with van der Waals surface area (Å²) in [5, 5.41) is 3.13. The fourth-order valence-corrected chi connectivity index (χ4v) is 2.09. The molecule has 0 spiro atoms. The van der Waals surface area contributed by atoms with Gasteiger partial charge in [0.2, 0.25) is 5.95 Å². The number of nitrogens with one attached hydrogen (secondary N) is 2. The van der Waals surface area contributed by atoms with Crippen LogP contribution in [0, 0.1) is 5.92 Å². The molecule has 5 nitrogen and oxygen atoms in total. The van der Waals surface area contributed by atoms with Gasteiger partial charge < -0.3 is 10.1 Å². The number of hydrogen-bond acceptors (Lipinski definition) is 4. The highest BCUT2D eigenvalue weighted by Crippen LogP contribution is 2.18. The lowest BCUT2D eigenvalue weighted by atomic mass is 10.2. The average Bonchev–Trinajstić information content (AvgIpc) is 2.51. The molecule has 0 aliphatic rings. The molecular formula is C18H25N3O2.